The predicted molar refractivity (Wildman–Crippen MR) is 95.1 cm³/mol. The molecule has 4 nitrogen and oxygen atoms in total. The van der Waals surface area contributed by atoms with Crippen LogP contribution in [0, 0.1) is 17.1 Å². The Morgan fingerprint density at radius 3 is 2.72 bits per heavy atom. The van der Waals surface area contributed by atoms with Crippen LogP contribution < -0.4 is 5.32 Å². The number of rotatable bonds is 6. The van der Waals surface area contributed by atoms with Crippen molar-refractivity contribution in [2.45, 2.75) is 30.2 Å². The third kappa shape index (κ3) is 4.18. The zero-order valence-corrected chi connectivity index (χ0v) is 14.7. The van der Waals surface area contributed by atoms with Gasteiger partial charge in [-0.1, -0.05) is 12.1 Å². The first-order valence-corrected chi connectivity index (χ1v) is 9.36. The van der Waals surface area contributed by atoms with Crippen LogP contribution in [0.1, 0.15) is 45.9 Å². The van der Waals surface area contributed by atoms with Gasteiger partial charge in [0.25, 0.3) is 5.91 Å². The lowest BCUT2D eigenvalue weighted by atomic mass is 10.1. The Labute approximate surface area is 150 Å². The molecule has 1 aromatic heterocycles. The molecule has 25 heavy (non-hydrogen) atoms. The maximum atomic E-state index is 12.9. The van der Waals surface area contributed by atoms with Crippen molar-refractivity contribution >= 4 is 17.7 Å². The van der Waals surface area contributed by atoms with Gasteiger partial charge in [-0.3, -0.25) is 4.79 Å². The first-order valence-electron chi connectivity index (χ1n) is 8.14. The van der Waals surface area contributed by atoms with Crippen LogP contribution in [-0.4, -0.2) is 23.7 Å². The van der Waals surface area contributed by atoms with Crippen LogP contribution in [0.2, 0.25) is 0 Å². The molecular weight excluding hydrogens is 337 g/mol. The number of carbonyl (C=O) groups excluding carboxylic acids is 1. The van der Waals surface area contributed by atoms with Crippen LogP contribution >= 0.6 is 11.8 Å². The summed E-state index contributed by atoms with van der Waals surface area (Å²) in [5.74, 6) is -0.136. The molecule has 0 spiro atoms. The Kier molecular flexibility index (Phi) is 5.34. The molecule has 6 heteroatoms. The Balaban J connectivity index is 1.73. The van der Waals surface area contributed by atoms with E-state index in [0.717, 1.165) is 24.1 Å². The number of nitrogens with zero attached hydrogens (tertiary/aromatic N) is 2. The van der Waals surface area contributed by atoms with Crippen molar-refractivity contribution < 1.29 is 9.18 Å². The summed E-state index contributed by atoms with van der Waals surface area (Å²) in [6.45, 7) is 0.422. The number of hydrogen-bond donors (Lipinski definition) is 1. The number of carbonyl (C=O) groups is 1. The highest BCUT2D eigenvalue weighted by molar-refractivity contribution is 7.98. The van der Waals surface area contributed by atoms with Gasteiger partial charge in [0.05, 0.1) is 11.1 Å². The van der Waals surface area contributed by atoms with Gasteiger partial charge in [-0.15, -0.1) is 11.8 Å². The fourth-order valence-corrected chi connectivity index (χ4v) is 3.19. The topological polar surface area (TPSA) is 65.8 Å². The van der Waals surface area contributed by atoms with Crippen molar-refractivity contribution in [1.29, 1.82) is 5.26 Å². The van der Waals surface area contributed by atoms with Crippen molar-refractivity contribution in [3.05, 3.63) is 58.5 Å². The van der Waals surface area contributed by atoms with E-state index in [0.29, 0.717) is 35.0 Å². The molecule has 3 rings (SSSR count). The molecule has 128 valence electrons. The van der Waals surface area contributed by atoms with Crippen LogP contribution in [-0.2, 0) is 6.42 Å². The molecular formula is C19H18FN3OS. The second kappa shape index (κ2) is 7.66. The zero-order chi connectivity index (χ0) is 17.8. The molecule has 1 N–H and O–H groups in total. The van der Waals surface area contributed by atoms with Crippen molar-refractivity contribution in [1.82, 2.24) is 10.3 Å². The van der Waals surface area contributed by atoms with Gasteiger partial charge in [0.15, 0.2) is 0 Å². The van der Waals surface area contributed by atoms with Gasteiger partial charge in [0, 0.05) is 18.2 Å². The maximum absolute atomic E-state index is 12.9. The monoisotopic (exact) mass is 355 g/mol. The molecule has 0 unspecified atom stereocenters. The molecule has 0 radical (unpaired) electrons. The Bertz CT molecular complexity index is 826. The second-order valence-corrected chi connectivity index (χ2v) is 6.79. The Hall–Kier alpha value is -2.39. The highest BCUT2D eigenvalue weighted by Gasteiger charge is 2.28. The van der Waals surface area contributed by atoms with Gasteiger partial charge in [0.2, 0.25) is 0 Å². The summed E-state index contributed by atoms with van der Waals surface area (Å²) in [7, 11) is 0. The number of amides is 1. The number of pyridine rings is 1. The molecule has 1 aromatic carbocycles. The van der Waals surface area contributed by atoms with Crippen LogP contribution in [0.15, 0.2) is 35.4 Å². The fraction of sp³-hybridized carbons (Fsp3) is 0.316. The summed E-state index contributed by atoms with van der Waals surface area (Å²) in [6, 6.07) is 10.1. The molecule has 1 amide bonds. The van der Waals surface area contributed by atoms with Crippen LogP contribution in [0.3, 0.4) is 0 Å². The number of nitriles is 1. The number of nitrogens with one attached hydrogen (secondary N) is 1. The van der Waals surface area contributed by atoms with Crippen LogP contribution in [0.4, 0.5) is 4.39 Å². The van der Waals surface area contributed by atoms with E-state index < -0.39 is 0 Å². The van der Waals surface area contributed by atoms with Gasteiger partial charge >= 0.3 is 0 Å². The summed E-state index contributed by atoms with van der Waals surface area (Å²) in [5, 5.41) is 12.9. The van der Waals surface area contributed by atoms with E-state index in [9.17, 15) is 14.4 Å². The smallest absolute Gasteiger partial charge is 0.252 e. The summed E-state index contributed by atoms with van der Waals surface area (Å²) in [5.41, 5.74) is 2.56. The van der Waals surface area contributed by atoms with E-state index >= 15 is 0 Å². The molecule has 0 aliphatic heterocycles. The lowest BCUT2D eigenvalue weighted by molar-refractivity contribution is 0.0953. The van der Waals surface area contributed by atoms with E-state index in [-0.39, 0.29) is 11.7 Å². The van der Waals surface area contributed by atoms with Gasteiger partial charge in [-0.2, -0.15) is 5.26 Å². The summed E-state index contributed by atoms with van der Waals surface area (Å²) in [4.78, 5) is 17.1. The Morgan fingerprint density at radius 2 is 2.12 bits per heavy atom. The molecule has 2 aromatic rings. The average Bonchev–Trinajstić information content (AvgIpc) is 3.47. The Morgan fingerprint density at radius 1 is 1.40 bits per heavy atom. The van der Waals surface area contributed by atoms with Gasteiger partial charge in [-0.25, -0.2) is 9.37 Å². The van der Waals surface area contributed by atoms with E-state index in [1.807, 2.05) is 6.26 Å². The number of thioether (sulfide) groups is 1. The second-order valence-electron chi connectivity index (χ2n) is 6.00. The molecule has 1 aliphatic carbocycles. The van der Waals surface area contributed by atoms with E-state index in [4.69, 9.17) is 0 Å². The highest BCUT2D eigenvalue weighted by Crippen LogP contribution is 2.40. The molecule has 0 atom stereocenters. The maximum Gasteiger partial charge on any atom is 0.252 e. The van der Waals surface area contributed by atoms with E-state index in [2.05, 4.69) is 16.4 Å². The standard InChI is InChI=1S/C19H18FN3OS/c1-25-19-16(11-21)15(10-17(23-19)13-4-5-13)18(24)22-9-8-12-2-6-14(20)7-3-12/h2-3,6-7,10,13H,4-5,8-9H2,1H3,(H,22,24). The normalized spacial score (nSPS) is 13.3. The summed E-state index contributed by atoms with van der Waals surface area (Å²) < 4.78 is 12.9. The van der Waals surface area contributed by atoms with Crippen molar-refractivity contribution in [2.24, 2.45) is 0 Å². The highest BCUT2D eigenvalue weighted by atomic mass is 32.2. The van der Waals surface area contributed by atoms with Crippen molar-refractivity contribution in [3.63, 3.8) is 0 Å². The molecule has 1 fully saturated rings. The lowest BCUT2D eigenvalue weighted by Crippen LogP contribution is -2.27. The average molecular weight is 355 g/mol. The third-order valence-corrected chi connectivity index (χ3v) is 4.85. The van der Waals surface area contributed by atoms with Crippen molar-refractivity contribution in [2.75, 3.05) is 12.8 Å². The minimum absolute atomic E-state index is 0.265. The molecule has 1 heterocycles. The summed E-state index contributed by atoms with van der Waals surface area (Å²) >= 11 is 1.38. The minimum atomic E-state index is -0.277. The third-order valence-electron chi connectivity index (χ3n) is 4.16. The van der Waals surface area contributed by atoms with Gasteiger partial charge in [-0.05, 0) is 49.3 Å². The van der Waals surface area contributed by atoms with Gasteiger partial charge in [0.1, 0.15) is 16.9 Å². The lowest BCUT2D eigenvalue weighted by Gasteiger charge is -2.11. The minimum Gasteiger partial charge on any atom is -0.352 e. The molecule has 1 aliphatic rings. The largest absolute Gasteiger partial charge is 0.352 e. The first-order chi connectivity index (χ1) is 12.1. The number of benzene rings is 1. The first kappa shape index (κ1) is 17.4. The van der Waals surface area contributed by atoms with Crippen LogP contribution in [0.25, 0.3) is 0 Å². The molecule has 1 saturated carbocycles. The number of halogens is 1. The van der Waals surface area contributed by atoms with Crippen molar-refractivity contribution in [3.8, 4) is 6.07 Å². The van der Waals surface area contributed by atoms with Gasteiger partial charge < -0.3 is 5.32 Å². The quantitative estimate of drug-likeness (QED) is 0.803. The van der Waals surface area contributed by atoms with Crippen LogP contribution in [0.5, 0.6) is 0 Å². The molecule has 0 saturated heterocycles. The SMILES string of the molecule is CSc1nc(C2CC2)cc(C(=O)NCCc2ccc(F)cc2)c1C#N. The fourth-order valence-electron chi connectivity index (χ4n) is 2.63. The zero-order valence-electron chi connectivity index (χ0n) is 13.9. The van der Waals surface area contributed by atoms with E-state index in [1.54, 1.807) is 18.2 Å². The number of aromatic nitrogens is 1. The predicted octanol–water partition coefficient (Wildman–Crippen LogP) is 3.66. The van der Waals surface area contributed by atoms with E-state index in [1.165, 1.54) is 23.9 Å². The number of hydrogen-bond acceptors (Lipinski definition) is 4. The molecule has 0 bridgehead atoms. The summed E-state index contributed by atoms with van der Waals surface area (Å²) in [6.07, 6.45) is 4.62.